The molecule has 0 saturated carbocycles. The summed E-state index contributed by atoms with van der Waals surface area (Å²) in [5.41, 5.74) is 10.4. The molecule has 0 radical (unpaired) electrons. The number of benzene rings is 2. The molecule has 3 rings (SSSR count). The average molecular weight is 444 g/mol. The quantitative estimate of drug-likeness (QED) is 0.363. The lowest BCUT2D eigenvalue weighted by Crippen LogP contribution is -2.28. The van der Waals surface area contributed by atoms with Crippen molar-refractivity contribution in [3.63, 3.8) is 0 Å². The van der Waals surface area contributed by atoms with Gasteiger partial charge in [0, 0.05) is 36.3 Å². The van der Waals surface area contributed by atoms with Crippen LogP contribution in [-0.4, -0.2) is 36.4 Å². The fourth-order valence-electron chi connectivity index (χ4n) is 3.08. The standard InChI is InChI=1S/C25H24N4O4/c1-33-24(31)16-28-23(30)8-5-17-3-2-4-18(13-17)22-14-19(6-7-20(22)15-26)25(32)29-21-9-11-27-12-10-21/h2-14H,15-16,26H2,1H3,(H,28,30)(H,27,29,32)/b8-5+. The first-order valence-electron chi connectivity index (χ1n) is 10.2. The summed E-state index contributed by atoms with van der Waals surface area (Å²) in [6, 6.07) is 16.3. The first-order chi connectivity index (χ1) is 16.0. The van der Waals surface area contributed by atoms with Gasteiger partial charge < -0.3 is 21.1 Å². The number of hydrogen-bond acceptors (Lipinski definition) is 6. The van der Waals surface area contributed by atoms with E-state index in [-0.39, 0.29) is 12.5 Å². The lowest BCUT2D eigenvalue weighted by atomic mass is 9.95. The molecular weight excluding hydrogens is 420 g/mol. The van der Waals surface area contributed by atoms with Crippen LogP contribution in [0.1, 0.15) is 21.5 Å². The third kappa shape index (κ3) is 6.59. The van der Waals surface area contributed by atoms with Gasteiger partial charge in [-0.25, -0.2) is 0 Å². The van der Waals surface area contributed by atoms with Crippen LogP contribution in [-0.2, 0) is 20.9 Å². The molecule has 8 nitrogen and oxygen atoms in total. The van der Waals surface area contributed by atoms with E-state index in [4.69, 9.17) is 5.73 Å². The summed E-state index contributed by atoms with van der Waals surface area (Å²) in [5.74, 6) is -1.19. The van der Waals surface area contributed by atoms with E-state index in [1.807, 2.05) is 30.3 Å². The minimum absolute atomic E-state index is 0.200. The molecule has 8 heteroatoms. The van der Waals surface area contributed by atoms with E-state index in [1.165, 1.54) is 13.2 Å². The zero-order valence-corrected chi connectivity index (χ0v) is 18.1. The molecule has 2 amide bonds. The number of rotatable bonds is 8. The van der Waals surface area contributed by atoms with E-state index in [0.29, 0.717) is 17.8 Å². The highest BCUT2D eigenvalue weighted by molar-refractivity contribution is 6.05. The average Bonchev–Trinajstić information content (AvgIpc) is 2.86. The van der Waals surface area contributed by atoms with Crippen LogP contribution in [0.25, 0.3) is 17.2 Å². The number of carbonyl (C=O) groups is 3. The third-order valence-corrected chi connectivity index (χ3v) is 4.79. The summed E-state index contributed by atoms with van der Waals surface area (Å²) >= 11 is 0. The maximum absolute atomic E-state index is 12.7. The van der Waals surface area contributed by atoms with Crippen molar-refractivity contribution in [1.29, 1.82) is 0 Å². The van der Waals surface area contributed by atoms with Crippen LogP contribution in [0.15, 0.2) is 73.1 Å². The highest BCUT2D eigenvalue weighted by Gasteiger charge is 2.11. The van der Waals surface area contributed by atoms with Crippen molar-refractivity contribution in [2.75, 3.05) is 19.0 Å². The van der Waals surface area contributed by atoms with Crippen molar-refractivity contribution in [3.05, 3.63) is 89.8 Å². The zero-order valence-electron chi connectivity index (χ0n) is 18.1. The molecule has 0 aliphatic carbocycles. The van der Waals surface area contributed by atoms with Crippen LogP contribution >= 0.6 is 0 Å². The van der Waals surface area contributed by atoms with Gasteiger partial charge in [-0.2, -0.15) is 0 Å². The minimum Gasteiger partial charge on any atom is -0.468 e. The Bertz CT molecular complexity index is 1180. The van der Waals surface area contributed by atoms with Crippen molar-refractivity contribution < 1.29 is 19.1 Å². The molecule has 1 aromatic heterocycles. The Hall–Kier alpha value is -4.30. The van der Waals surface area contributed by atoms with Gasteiger partial charge in [0.05, 0.1) is 7.11 Å². The first-order valence-corrected chi connectivity index (χ1v) is 10.2. The van der Waals surface area contributed by atoms with Gasteiger partial charge in [0.25, 0.3) is 5.91 Å². The lowest BCUT2D eigenvalue weighted by Gasteiger charge is -2.12. The zero-order chi connectivity index (χ0) is 23.6. The Morgan fingerprint density at radius 3 is 2.58 bits per heavy atom. The topological polar surface area (TPSA) is 123 Å². The number of amides is 2. The lowest BCUT2D eigenvalue weighted by molar-refractivity contribution is -0.140. The maximum Gasteiger partial charge on any atom is 0.325 e. The molecule has 0 atom stereocenters. The number of methoxy groups -OCH3 is 1. The Kier molecular flexibility index (Phi) is 8.04. The number of esters is 1. The van der Waals surface area contributed by atoms with E-state index in [9.17, 15) is 14.4 Å². The first kappa shape index (κ1) is 23.4. The second kappa shape index (κ2) is 11.4. The normalized spacial score (nSPS) is 10.6. The van der Waals surface area contributed by atoms with E-state index in [1.54, 1.807) is 42.7 Å². The second-order valence-electron chi connectivity index (χ2n) is 7.02. The van der Waals surface area contributed by atoms with Crippen LogP contribution in [0.4, 0.5) is 5.69 Å². The monoisotopic (exact) mass is 444 g/mol. The van der Waals surface area contributed by atoms with Crippen LogP contribution in [0.2, 0.25) is 0 Å². The Morgan fingerprint density at radius 2 is 1.85 bits per heavy atom. The predicted molar refractivity (Wildman–Crippen MR) is 126 cm³/mol. The van der Waals surface area contributed by atoms with E-state index in [2.05, 4.69) is 20.4 Å². The number of hydrogen-bond donors (Lipinski definition) is 3. The van der Waals surface area contributed by atoms with Crippen LogP contribution in [0.5, 0.6) is 0 Å². The molecular formula is C25H24N4O4. The number of anilines is 1. The van der Waals surface area contributed by atoms with Gasteiger partial charge in [-0.3, -0.25) is 19.4 Å². The van der Waals surface area contributed by atoms with Gasteiger partial charge in [-0.1, -0.05) is 24.3 Å². The molecule has 0 bridgehead atoms. The number of ether oxygens (including phenoxy) is 1. The summed E-state index contributed by atoms with van der Waals surface area (Å²) in [6.45, 7) is 0.103. The summed E-state index contributed by atoms with van der Waals surface area (Å²) < 4.78 is 4.49. The molecule has 0 saturated heterocycles. The molecule has 1 heterocycles. The maximum atomic E-state index is 12.7. The Balaban J connectivity index is 1.81. The van der Waals surface area contributed by atoms with Gasteiger partial charge in [-0.15, -0.1) is 0 Å². The Morgan fingerprint density at radius 1 is 1.06 bits per heavy atom. The number of nitrogens with two attached hydrogens (primary N) is 1. The van der Waals surface area contributed by atoms with Crippen LogP contribution < -0.4 is 16.4 Å². The van der Waals surface area contributed by atoms with Crippen molar-refractivity contribution >= 4 is 29.5 Å². The van der Waals surface area contributed by atoms with E-state index in [0.717, 1.165) is 22.3 Å². The van der Waals surface area contributed by atoms with Crippen molar-refractivity contribution in [2.24, 2.45) is 5.73 Å². The van der Waals surface area contributed by atoms with Gasteiger partial charge in [0.2, 0.25) is 5.91 Å². The number of nitrogens with zero attached hydrogens (tertiary/aromatic N) is 1. The molecule has 0 aliphatic heterocycles. The fraction of sp³-hybridized carbons (Fsp3) is 0.120. The van der Waals surface area contributed by atoms with Crippen molar-refractivity contribution in [2.45, 2.75) is 6.54 Å². The molecule has 0 spiro atoms. The Labute approximate surface area is 191 Å². The summed E-state index contributed by atoms with van der Waals surface area (Å²) in [4.78, 5) is 39.7. The molecule has 168 valence electrons. The molecule has 0 fully saturated rings. The number of carbonyl (C=O) groups excluding carboxylic acids is 3. The van der Waals surface area contributed by atoms with E-state index < -0.39 is 11.9 Å². The molecule has 3 aromatic rings. The summed E-state index contributed by atoms with van der Waals surface area (Å²) in [6.07, 6.45) is 6.18. The fourth-order valence-corrected chi connectivity index (χ4v) is 3.08. The second-order valence-corrected chi connectivity index (χ2v) is 7.02. The van der Waals surface area contributed by atoms with Crippen LogP contribution in [0, 0.1) is 0 Å². The van der Waals surface area contributed by atoms with E-state index >= 15 is 0 Å². The van der Waals surface area contributed by atoms with Crippen molar-refractivity contribution in [1.82, 2.24) is 10.3 Å². The smallest absolute Gasteiger partial charge is 0.325 e. The predicted octanol–water partition coefficient (Wildman–Crippen LogP) is 2.76. The minimum atomic E-state index is -0.527. The molecule has 33 heavy (non-hydrogen) atoms. The van der Waals surface area contributed by atoms with Gasteiger partial charge in [0.1, 0.15) is 6.54 Å². The molecule has 2 aromatic carbocycles. The number of aromatic nitrogens is 1. The highest BCUT2D eigenvalue weighted by Crippen LogP contribution is 2.27. The third-order valence-electron chi connectivity index (χ3n) is 4.79. The molecule has 4 N–H and O–H groups in total. The summed E-state index contributed by atoms with van der Waals surface area (Å²) in [5, 5.41) is 5.29. The van der Waals surface area contributed by atoms with Gasteiger partial charge >= 0.3 is 5.97 Å². The van der Waals surface area contributed by atoms with Crippen LogP contribution in [0.3, 0.4) is 0 Å². The number of nitrogens with one attached hydrogen (secondary N) is 2. The largest absolute Gasteiger partial charge is 0.468 e. The molecule has 0 unspecified atom stereocenters. The van der Waals surface area contributed by atoms with Crippen molar-refractivity contribution in [3.8, 4) is 11.1 Å². The highest BCUT2D eigenvalue weighted by atomic mass is 16.5. The SMILES string of the molecule is COC(=O)CNC(=O)/C=C/c1cccc(-c2cc(C(=O)Nc3ccncc3)ccc2CN)c1. The molecule has 0 aliphatic rings. The van der Waals surface area contributed by atoms with Gasteiger partial charge in [0.15, 0.2) is 0 Å². The van der Waals surface area contributed by atoms with Gasteiger partial charge in [-0.05, 0) is 58.7 Å². The number of pyridine rings is 1. The summed E-state index contributed by atoms with van der Waals surface area (Å²) in [7, 11) is 1.25.